The standard InChI is InChI=1S/C19H22N2O5S/c1-25-15-8-9-17(18(13-15)26-2)19(22)20-14-6-5-7-16(12-14)27(23,24)21-10-3-4-11-21/h5-9,12-13H,3-4,10-11H2,1-2H3,(H,20,22). The number of rotatable bonds is 6. The van der Waals surface area contributed by atoms with E-state index in [1.165, 1.54) is 30.7 Å². The quantitative estimate of drug-likeness (QED) is 0.820. The number of nitrogens with zero attached hydrogens (tertiary/aromatic N) is 1. The van der Waals surface area contributed by atoms with E-state index < -0.39 is 15.9 Å². The summed E-state index contributed by atoms with van der Waals surface area (Å²) in [7, 11) is -0.547. The van der Waals surface area contributed by atoms with Crippen LogP contribution in [0.3, 0.4) is 0 Å². The molecule has 27 heavy (non-hydrogen) atoms. The third kappa shape index (κ3) is 4.06. The molecule has 0 aromatic heterocycles. The summed E-state index contributed by atoms with van der Waals surface area (Å²) in [6, 6.07) is 11.1. The first-order chi connectivity index (χ1) is 13.0. The van der Waals surface area contributed by atoms with E-state index in [0.29, 0.717) is 35.8 Å². The minimum absolute atomic E-state index is 0.170. The van der Waals surface area contributed by atoms with Gasteiger partial charge in [0.15, 0.2) is 0 Å². The predicted octanol–water partition coefficient (Wildman–Crippen LogP) is 2.74. The van der Waals surface area contributed by atoms with Crippen molar-refractivity contribution in [3.05, 3.63) is 48.0 Å². The highest BCUT2D eigenvalue weighted by atomic mass is 32.2. The van der Waals surface area contributed by atoms with E-state index in [0.717, 1.165) is 12.8 Å². The molecule has 1 fully saturated rings. The zero-order chi connectivity index (χ0) is 19.4. The molecule has 0 saturated carbocycles. The van der Waals surface area contributed by atoms with Gasteiger partial charge in [-0.1, -0.05) is 6.07 Å². The molecule has 0 spiro atoms. The first-order valence-corrected chi connectivity index (χ1v) is 10.0. The summed E-state index contributed by atoms with van der Waals surface area (Å²) in [4.78, 5) is 12.8. The number of anilines is 1. The van der Waals surface area contributed by atoms with Crippen LogP contribution in [0.1, 0.15) is 23.2 Å². The van der Waals surface area contributed by atoms with Crippen LogP contribution in [0, 0.1) is 0 Å². The Labute approximate surface area is 158 Å². The van der Waals surface area contributed by atoms with Gasteiger partial charge in [-0.15, -0.1) is 0 Å². The van der Waals surface area contributed by atoms with Crippen LogP contribution in [0.5, 0.6) is 11.5 Å². The molecule has 0 aliphatic carbocycles. The molecule has 7 nitrogen and oxygen atoms in total. The SMILES string of the molecule is COc1ccc(C(=O)Nc2cccc(S(=O)(=O)N3CCCC3)c2)c(OC)c1. The van der Waals surface area contributed by atoms with Crippen molar-refractivity contribution in [3.8, 4) is 11.5 Å². The van der Waals surface area contributed by atoms with E-state index in [-0.39, 0.29) is 4.90 Å². The average Bonchev–Trinajstić information content (AvgIpc) is 3.23. The van der Waals surface area contributed by atoms with Crippen molar-refractivity contribution in [3.63, 3.8) is 0 Å². The summed E-state index contributed by atoms with van der Waals surface area (Å²) in [5, 5.41) is 2.73. The van der Waals surface area contributed by atoms with E-state index in [2.05, 4.69) is 5.32 Å². The molecular formula is C19H22N2O5S. The Morgan fingerprint density at radius 3 is 2.44 bits per heavy atom. The van der Waals surface area contributed by atoms with Crippen molar-refractivity contribution in [2.24, 2.45) is 0 Å². The third-order valence-corrected chi connectivity index (χ3v) is 6.34. The number of hydrogen-bond donors (Lipinski definition) is 1. The van der Waals surface area contributed by atoms with E-state index in [1.807, 2.05) is 0 Å². The Morgan fingerprint density at radius 2 is 1.78 bits per heavy atom. The van der Waals surface area contributed by atoms with Crippen LogP contribution in [0.15, 0.2) is 47.4 Å². The maximum Gasteiger partial charge on any atom is 0.259 e. The normalized spacial score (nSPS) is 14.7. The van der Waals surface area contributed by atoms with Gasteiger partial charge in [-0.25, -0.2) is 8.42 Å². The number of benzene rings is 2. The second kappa shape index (κ2) is 7.98. The molecule has 1 aliphatic rings. The molecule has 0 atom stereocenters. The Bertz CT molecular complexity index is 937. The summed E-state index contributed by atoms with van der Waals surface area (Å²) in [6.45, 7) is 1.06. The van der Waals surface area contributed by atoms with E-state index in [9.17, 15) is 13.2 Å². The molecule has 0 unspecified atom stereocenters. The average molecular weight is 390 g/mol. The summed E-state index contributed by atoms with van der Waals surface area (Å²) < 4.78 is 37.2. The van der Waals surface area contributed by atoms with E-state index in [4.69, 9.17) is 9.47 Å². The lowest BCUT2D eigenvalue weighted by Crippen LogP contribution is -2.27. The molecule has 0 bridgehead atoms. The Balaban J connectivity index is 1.83. The van der Waals surface area contributed by atoms with Crippen LogP contribution < -0.4 is 14.8 Å². The number of carbonyl (C=O) groups excluding carboxylic acids is 1. The van der Waals surface area contributed by atoms with Crippen LogP contribution >= 0.6 is 0 Å². The zero-order valence-electron chi connectivity index (χ0n) is 15.3. The monoisotopic (exact) mass is 390 g/mol. The first-order valence-electron chi connectivity index (χ1n) is 8.59. The number of methoxy groups -OCH3 is 2. The van der Waals surface area contributed by atoms with E-state index >= 15 is 0 Å². The third-order valence-electron chi connectivity index (χ3n) is 4.45. The second-order valence-corrected chi connectivity index (χ2v) is 8.10. The smallest absolute Gasteiger partial charge is 0.259 e. The molecule has 1 aliphatic heterocycles. The summed E-state index contributed by atoms with van der Waals surface area (Å²) in [5.41, 5.74) is 0.726. The first kappa shape index (κ1) is 19.2. The molecule has 8 heteroatoms. The molecule has 2 aromatic rings. The summed E-state index contributed by atoms with van der Waals surface area (Å²) >= 11 is 0. The summed E-state index contributed by atoms with van der Waals surface area (Å²) in [5.74, 6) is 0.542. The van der Waals surface area contributed by atoms with Gasteiger partial charge in [-0.2, -0.15) is 4.31 Å². The zero-order valence-corrected chi connectivity index (χ0v) is 16.1. The van der Waals surface area contributed by atoms with Gasteiger partial charge in [0.25, 0.3) is 5.91 Å². The van der Waals surface area contributed by atoms with Gasteiger partial charge < -0.3 is 14.8 Å². The van der Waals surface area contributed by atoms with Crippen molar-refractivity contribution >= 4 is 21.6 Å². The van der Waals surface area contributed by atoms with Crippen LogP contribution in [-0.2, 0) is 10.0 Å². The molecule has 3 rings (SSSR count). The lowest BCUT2D eigenvalue weighted by molar-refractivity contribution is 0.102. The van der Waals surface area contributed by atoms with Crippen LogP contribution in [0.4, 0.5) is 5.69 Å². The number of hydrogen-bond acceptors (Lipinski definition) is 5. The van der Waals surface area contributed by atoms with Gasteiger partial charge in [0.05, 0.1) is 24.7 Å². The number of nitrogens with one attached hydrogen (secondary N) is 1. The van der Waals surface area contributed by atoms with Crippen molar-refractivity contribution in [2.75, 3.05) is 32.6 Å². The van der Waals surface area contributed by atoms with Gasteiger partial charge in [0.1, 0.15) is 11.5 Å². The Morgan fingerprint density at radius 1 is 1.04 bits per heavy atom. The lowest BCUT2D eigenvalue weighted by atomic mass is 10.1. The molecule has 2 aromatic carbocycles. The maximum absolute atomic E-state index is 12.7. The molecule has 1 N–H and O–H groups in total. The van der Waals surface area contributed by atoms with E-state index in [1.54, 1.807) is 30.3 Å². The molecule has 1 saturated heterocycles. The minimum Gasteiger partial charge on any atom is -0.497 e. The number of carbonyl (C=O) groups is 1. The van der Waals surface area contributed by atoms with Crippen LogP contribution in [0.25, 0.3) is 0 Å². The Kier molecular flexibility index (Phi) is 5.67. The Hall–Kier alpha value is -2.58. The van der Waals surface area contributed by atoms with Gasteiger partial charge in [0.2, 0.25) is 10.0 Å². The van der Waals surface area contributed by atoms with Crippen molar-refractivity contribution < 1.29 is 22.7 Å². The highest BCUT2D eigenvalue weighted by Gasteiger charge is 2.27. The molecule has 1 heterocycles. The largest absolute Gasteiger partial charge is 0.497 e. The van der Waals surface area contributed by atoms with Crippen molar-refractivity contribution in [1.29, 1.82) is 0 Å². The fraction of sp³-hybridized carbons (Fsp3) is 0.316. The number of amides is 1. The minimum atomic E-state index is -3.54. The fourth-order valence-corrected chi connectivity index (χ4v) is 4.56. The molecular weight excluding hydrogens is 368 g/mol. The van der Waals surface area contributed by atoms with Gasteiger partial charge in [-0.3, -0.25) is 4.79 Å². The van der Waals surface area contributed by atoms with Crippen molar-refractivity contribution in [2.45, 2.75) is 17.7 Å². The topological polar surface area (TPSA) is 84.9 Å². The summed E-state index contributed by atoms with van der Waals surface area (Å²) in [6.07, 6.45) is 1.74. The molecule has 144 valence electrons. The maximum atomic E-state index is 12.7. The van der Waals surface area contributed by atoms with Gasteiger partial charge in [0, 0.05) is 24.8 Å². The highest BCUT2D eigenvalue weighted by molar-refractivity contribution is 7.89. The van der Waals surface area contributed by atoms with Crippen LogP contribution in [-0.4, -0.2) is 45.9 Å². The van der Waals surface area contributed by atoms with Gasteiger partial charge >= 0.3 is 0 Å². The lowest BCUT2D eigenvalue weighted by Gasteiger charge is -2.16. The van der Waals surface area contributed by atoms with Gasteiger partial charge in [-0.05, 0) is 43.2 Å². The second-order valence-electron chi connectivity index (χ2n) is 6.16. The highest BCUT2D eigenvalue weighted by Crippen LogP contribution is 2.27. The molecule has 0 radical (unpaired) electrons. The van der Waals surface area contributed by atoms with Crippen LogP contribution in [0.2, 0.25) is 0 Å². The number of sulfonamides is 1. The fourth-order valence-electron chi connectivity index (χ4n) is 3.00. The predicted molar refractivity (Wildman–Crippen MR) is 102 cm³/mol. The van der Waals surface area contributed by atoms with Crippen molar-refractivity contribution in [1.82, 2.24) is 4.31 Å². The molecule has 1 amide bonds. The number of ether oxygens (including phenoxy) is 2.